The molecule has 140 valence electrons. The summed E-state index contributed by atoms with van der Waals surface area (Å²) in [7, 11) is -3.99. The number of halogens is 3. The lowest BCUT2D eigenvalue weighted by Gasteiger charge is -2.31. The lowest BCUT2D eigenvalue weighted by atomic mass is 9.86. The van der Waals surface area contributed by atoms with Gasteiger partial charge in [0.05, 0.1) is 10.8 Å². The molecule has 9 heteroatoms. The summed E-state index contributed by atoms with van der Waals surface area (Å²) in [5, 5.41) is 2.50. The van der Waals surface area contributed by atoms with Crippen LogP contribution in [0, 0.1) is 12.8 Å². The predicted octanol–water partition coefficient (Wildman–Crippen LogP) is 3.35. The Labute approximate surface area is 145 Å². The van der Waals surface area contributed by atoms with Crippen LogP contribution in [0.2, 0.25) is 0 Å². The van der Waals surface area contributed by atoms with Crippen molar-refractivity contribution in [2.45, 2.75) is 56.6 Å². The standard InChI is InChI=1S/C16H21F3N2O3S/c1-10-6-7-13(20-11(2)22)9-15(10)25(23,24)21-14-5-3-4-12(8-14)16(17,18)19/h6-7,9,12,14,21H,3-5,8H2,1-2H3,(H,20,22)/t12-,14-/m1/s1. The molecule has 1 amide bonds. The molecule has 0 saturated heterocycles. The van der Waals surface area contributed by atoms with E-state index in [9.17, 15) is 26.4 Å². The van der Waals surface area contributed by atoms with Crippen molar-refractivity contribution in [1.29, 1.82) is 0 Å². The molecule has 0 heterocycles. The van der Waals surface area contributed by atoms with Crippen LogP contribution in [0.3, 0.4) is 0 Å². The normalized spacial score (nSPS) is 21.8. The van der Waals surface area contributed by atoms with Gasteiger partial charge in [-0.3, -0.25) is 4.79 Å². The molecule has 0 aliphatic heterocycles. The van der Waals surface area contributed by atoms with E-state index < -0.39 is 28.2 Å². The van der Waals surface area contributed by atoms with Crippen molar-refractivity contribution in [2.75, 3.05) is 5.32 Å². The van der Waals surface area contributed by atoms with E-state index in [1.807, 2.05) is 0 Å². The van der Waals surface area contributed by atoms with E-state index >= 15 is 0 Å². The maximum absolute atomic E-state index is 12.9. The monoisotopic (exact) mass is 378 g/mol. The second kappa shape index (κ2) is 7.33. The number of alkyl halides is 3. The first-order chi connectivity index (χ1) is 11.5. The summed E-state index contributed by atoms with van der Waals surface area (Å²) in [5.74, 6) is -1.83. The fraction of sp³-hybridized carbons (Fsp3) is 0.562. The van der Waals surface area contributed by atoms with Gasteiger partial charge < -0.3 is 5.32 Å². The fourth-order valence-corrected chi connectivity index (χ4v) is 4.60. The first-order valence-corrected chi connectivity index (χ1v) is 9.44. The van der Waals surface area contributed by atoms with Crippen LogP contribution >= 0.6 is 0 Å². The Kier molecular flexibility index (Phi) is 5.78. The number of rotatable bonds is 4. The Morgan fingerprint density at radius 2 is 1.92 bits per heavy atom. The molecule has 0 aromatic heterocycles. The maximum atomic E-state index is 12.9. The van der Waals surface area contributed by atoms with Gasteiger partial charge in [-0.2, -0.15) is 13.2 Å². The minimum Gasteiger partial charge on any atom is -0.326 e. The second-order valence-electron chi connectivity index (χ2n) is 6.38. The van der Waals surface area contributed by atoms with Crippen LogP contribution in [0.1, 0.15) is 38.2 Å². The van der Waals surface area contributed by atoms with Gasteiger partial charge in [-0.1, -0.05) is 12.5 Å². The SMILES string of the molecule is CC(=O)Nc1ccc(C)c(S(=O)(=O)N[C@@H]2CCC[C@@H](C(F)(F)F)C2)c1. The number of nitrogens with one attached hydrogen (secondary N) is 2. The van der Waals surface area contributed by atoms with Crippen molar-refractivity contribution in [3.63, 3.8) is 0 Å². The van der Waals surface area contributed by atoms with Crippen LogP contribution in [-0.2, 0) is 14.8 Å². The zero-order valence-electron chi connectivity index (χ0n) is 14.0. The van der Waals surface area contributed by atoms with Crippen LogP contribution in [0.4, 0.5) is 18.9 Å². The third-order valence-corrected chi connectivity index (χ3v) is 5.92. The number of carbonyl (C=O) groups is 1. The number of aryl methyl sites for hydroxylation is 1. The Morgan fingerprint density at radius 1 is 1.24 bits per heavy atom. The van der Waals surface area contributed by atoms with Crippen LogP contribution in [0.15, 0.2) is 23.1 Å². The highest BCUT2D eigenvalue weighted by atomic mass is 32.2. The van der Waals surface area contributed by atoms with E-state index in [-0.39, 0.29) is 23.6 Å². The van der Waals surface area contributed by atoms with Gasteiger partial charge in [-0.15, -0.1) is 0 Å². The summed E-state index contributed by atoms with van der Waals surface area (Å²) in [5.41, 5.74) is 0.764. The molecular weight excluding hydrogens is 357 g/mol. The number of carbonyl (C=O) groups excluding carboxylic acids is 1. The van der Waals surface area contributed by atoms with E-state index in [2.05, 4.69) is 10.0 Å². The molecule has 2 N–H and O–H groups in total. The van der Waals surface area contributed by atoms with Gasteiger partial charge in [-0.25, -0.2) is 13.1 Å². The molecule has 25 heavy (non-hydrogen) atoms. The number of amides is 1. The summed E-state index contributed by atoms with van der Waals surface area (Å²) in [6.45, 7) is 2.89. The molecule has 0 radical (unpaired) electrons. The van der Waals surface area contributed by atoms with Crippen LogP contribution in [0.5, 0.6) is 0 Å². The molecule has 1 aliphatic rings. The third-order valence-electron chi connectivity index (χ3n) is 4.26. The van der Waals surface area contributed by atoms with E-state index in [0.717, 1.165) is 0 Å². The van der Waals surface area contributed by atoms with Gasteiger partial charge >= 0.3 is 6.18 Å². The highest BCUT2D eigenvalue weighted by molar-refractivity contribution is 7.89. The molecule has 1 aliphatic carbocycles. The molecule has 2 rings (SSSR count). The number of hydrogen-bond acceptors (Lipinski definition) is 3. The first kappa shape index (κ1) is 19.7. The van der Waals surface area contributed by atoms with Crippen molar-refractivity contribution in [1.82, 2.24) is 4.72 Å². The Bertz CT molecular complexity index is 747. The van der Waals surface area contributed by atoms with E-state index in [4.69, 9.17) is 0 Å². The lowest BCUT2D eigenvalue weighted by Crippen LogP contribution is -2.41. The minimum atomic E-state index is -4.31. The van der Waals surface area contributed by atoms with Crippen molar-refractivity contribution >= 4 is 21.6 Å². The largest absolute Gasteiger partial charge is 0.391 e. The van der Waals surface area contributed by atoms with E-state index in [1.165, 1.54) is 13.0 Å². The van der Waals surface area contributed by atoms with Crippen molar-refractivity contribution in [2.24, 2.45) is 5.92 Å². The van der Waals surface area contributed by atoms with Crippen LogP contribution in [0.25, 0.3) is 0 Å². The summed E-state index contributed by atoms with van der Waals surface area (Å²) in [6.07, 6.45) is -3.85. The number of sulfonamides is 1. The van der Waals surface area contributed by atoms with Crippen molar-refractivity contribution in [3.8, 4) is 0 Å². The van der Waals surface area contributed by atoms with Gasteiger partial charge in [0.2, 0.25) is 15.9 Å². The quantitative estimate of drug-likeness (QED) is 0.844. The van der Waals surface area contributed by atoms with Crippen LogP contribution in [-0.4, -0.2) is 26.5 Å². The summed E-state index contributed by atoms with van der Waals surface area (Å²) in [4.78, 5) is 11.1. The topological polar surface area (TPSA) is 75.3 Å². The van der Waals surface area contributed by atoms with Crippen LogP contribution < -0.4 is 10.0 Å². The zero-order valence-corrected chi connectivity index (χ0v) is 14.8. The molecule has 0 unspecified atom stereocenters. The van der Waals surface area contributed by atoms with Gasteiger partial charge in [-0.05, 0) is 43.9 Å². The molecule has 1 aromatic rings. The molecule has 2 atom stereocenters. The number of anilines is 1. The first-order valence-electron chi connectivity index (χ1n) is 7.96. The van der Waals surface area contributed by atoms with Gasteiger partial charge in [0.15, 0.2) is 0 Å². The Balaban J connectivity index is 2.20. The van der Waals surface area contributed by atoms with Crippen molar-refractivity contribution < 1.29 is 26.4 Å². The highest BCUT2D eigenvalue weighted by Gasteiger charge is 2.42. The number of hydrogen-bond donors (Lipinski definition) is 2. The highest BCUT2D eigenvalue weighted by Crippen LogP contribution is 2.38. The number of benzene rings is 1. The zero-order chi connectivity index (χ0) is 18.8. The minimum absolute atomic E-state index is 0.0266. The van der Waals surface area contributed by atoms with Gasteiger partial charge in [0.25, 0.3) is 0 Å². The average Bonchev–Trinajstić information content (AvgIpc) is 2.47. The van der Waals surface area contributed by atoms with Gasteiger partial charge in [0.1, 0.15) is 0 Å². The fourth-order valence-electron chi connectivity index (χ4n) is 3.05. The molecule has 5 nitrogen and oxygen atoms in total. The molecule has 1 fully saturated rings. The molecular formula is C16H21F3N2O3S. The van der Waals surface area contributed by atoms with Gasteiger partial charge in [0, 0.05) is 18.7 Å². The lowest BCUT2D eigenvalue weighted by molar-refractivity contribution is -0.183. The maximum Gasteiger partial charge on any atom is 0.391 e. The third kappa shape index (κ3) is 5.18. The average molecular weight is 378 g/mol. The Hall–Kier alpha value is -1.61. The van der Waals surface area contributed by atoms with E-state index in [1.54, 1.807) is 19.1 Å². The smallest absolute Gasteiger partial charge is 0.326 e. The van der Waals surface area contributed by atoms with Crippen molar-refractivity contribution in [3.05, 3.63) is 23.8 Å². The molecule has 0 bridgehead atoms. The molecule has 1 aromatic carbocycles. The van der Waals surface area contributed by atoms with E-state index in [0.29, 0.717) is 24.1 Å². The summed E-state index contributed by atoms with van der Waals surface area (Å²) in [6, 6.07) is 3.66. The predicted molar refractivity (Wildman–Crippen MR) is 87.6 cm³/mol. The molecule has 1 saturated carbocycles. The summed E-state index contributed by atoms with van der Waals surface area (Å²) < 4.78 is 66.3. The molecule has 0 spiro atoms. The Morgan fingerprint density at radius 3 is 2.52 bits per heavy atom. The second-order valence-corrected chi connectivity index (χ2v) is 8.07. The summed E-state index contributed by atoms with van der Waals surface area (Å²) >= 11 is 0.